The zero-order valence-electron chi connectivity index (χ0n) is 14.7. The van der Waals surface area contributed by atoms with E-state index in [0.717, 1.165) is 31.2 Å². The average Bonchev–Trinajstić information content (AvgIpc) is 2.86. The normalized spacial score (nSPS) is 17.4. The van der Waals surface area contributed by atoms with Gasteiger partial charge in [0.2, 0.25) is 0 Å². The van der Waals surface area contributed by atoms with Crippen molar-refractivity contribution in [3.8, 4) is 5.75 Å². The van der Waals surface area contributed by atoms with E-state index in [-0.39, 0.29) is 6.04 Å². The largest absolute Gasteiger partial charge is 0.417 e. The van der Waals surface area contributed by atoms with Crippen LogP contribution >= 0.6 is 0 Å². The fourth-order valence-corrected chi connectivity index (χ4v) is 3.06. The van der Waals surface area contributed by atoms with Crippen LogP contribution in [0.15, 0.2) is 54.6 Å². The second-order valence-corrected chi connectivity index (χ2v) is 6.52. The highest BCUT2D eigenvalue weighted by Gasteiger charge is 2.19. The molecule has 1 fully saturated rings. The maximum absolute atomic E-state index is 12.0. The van der Waals surface area contributed by atoms with E-state index in [1.54, 1.807) is 12.1 Å². The van der Waals surface area contributed by atoms with E-state index in [1.165, 1.54) is 0 Å². The molecule has 0 radical (unpaired) electrons. The fraction of sp³-hybridized carbons (Fsp3) is 0.333. The Morgan fingerprint density at radius 2 is 1.77 bits per heavy atom. The molecule has 2 N–H and O–H groups in total. The second kappa shape index (κ2) is 9.15. The van der Waals surface area contributed by atoms with Gasteiger partial charge in [0.25, 0.3) is 0 Å². The van der Waals surface area contributed by atoms with Gasteiger partial charge in [-0.2, -0.15) is 0 Å². The summed E-state index contributed by atoms with van der Waals surface area (Å²) in [4.78, 5) is 23.9. The summed E-state index contributed by atoms with van der Waals surface area (Å²) in [6.45, 7) is 0.644. The van der Waals surface area contributed by atoms with Gasteiger partial charge in [-0.05, 0) is 42.7 Å². The molecule has 1 unspecified atom stereocenters. The van der Waals surface area contributed by atoms with Crippen LogP contribution in [0.3, 0.4) is 0 Å². The first kappa shape index (κ1) is 18.1. The molecule has 5 heteroatoms. The fourth-order valence-electron chi connectivity index (χ4n) is 3.06. The van der Waals surface area contributed by atoms with E-state index in [0.29, 0.717) is 30.2 Å². The molecule has 0 saturated heterocycles. The van der Waals surface area contributed by atoms with Gasteiger partial charge in [0.05, 0.1) is 6.04 Å². The molecule has 1 atom stereocenters. The number of benzene rings is 2. The molecule has 1 aliphatic rings. The molecule has 2 aromatic carbocycles. The molecule has 1 amide bonds. The Hall–Kier alpha value is -2.66. The molecular formula is C21H24N2O3. The number of Topliss-reactive ketones (excluding diaryl/α,β-unsaturated/α-hetero) is 1. The zero-order valence-corrected chi connectivity index (χ0v) is 14.7. The highest BCUT2D eigenvalue weighted by atomic mass is 16.6. The number of anilines is 1. The van der Waals surface area contributed by atoms with Crippen molar-refractivity contribution >= 4 is 17.6 Å². The molecule has 1 aliphatic carbocycles. The van der Waals surface area contributed by atoms with Crippen molar-refractivity contribution < 1.29 is 14.3 Å². The summed E-state index contributed by atoms with van der Waals surface area (Å²) < 4.78 is 5.20. The van der Waals surface area contributed by atoms with Gasteiger partial charge in [0.15, 0.2) is 0 Å². The van der Waals surface area contributed by atoms with Gasteiger partial charge in [0.1, 0.15) is 11.5 Å². The number of nitrogens with one attached hydrogen (secondary N) is 2. The molecule has 26 heavy (non-hydrogen) atoms. The Kier molecular flexibility index (Phi) is 6.39. The van der Waals surface area contributed by atoms with Gasteiger partial charge < -0.3 is 10.1 Å². The number of hydrogen-bond donors (Lipinski definition) is 2. The van der Waals surface area contributed by atoms with Crippen molar-refractivity contribution in [1.82, 2.24) is 5.32 Å². The maximum atomic E-state index is 12.0. The van der Waals surface area contributed by atoms with Gasteiger partial charge in [-0.3, -0.25) is 10.1 Å². The molecule has 0 bridgehead atoms. The van der Waals surface area contributed by atoms with E-state index in [2.05, 4.69) is 10.6 Å². The van der Waals surface area contributed by atoms with Crippen LogP contribution < -0.4 is 15.4 Å². The van der Waals surface area contributed by atoms with Crippen LogP contribution in [0.1, 0.15) is 37.7 Å². The lowest BCUT2D eigenvalue weighted by Crippen LogP contribution is -2.35. The highest BCUT2D eigenvalue weighted by molar-refractivity contribution is 5.86. The third-order valence-corrected chi connectivity index (χ3v) is 4.51. The van der Waals surface area contributed by atoms with Crippen molar-refractivity contribution in [3.05, 3.63) is 60.2 Å². The Morgan fingerprint density at radius 1 is 1.00 bits per heavy atom. The van der Waals surface area contributed by atoms with E-state index >= 15 is 0 Å². The first-order valence-corrected chi connectivity index (χ1v) is 9.09. The van der Waals surface area contributed by atoms with Gasteiger partial charge in [-0.15, -0.1) is 0 Å². The molecule has 0 aliphatic heterocycles. The number of rotatable bonds is 5. The molecule has 2 aromatic rings. The lowest BCUT2D eigenvalue weighted by atomic mass is 10.1. The molecule has 1 saturated carbocycles. The van der Waals surface area contributed by atoms with E-state index in [4.69, 9.17) is 4.74 Å². The van der Waals surface area contributed by atoms with Crippen molar-refractivity contribution in [2.45, 2.75) is 44.7 Å². The smallest absolute Gasteiger partial charge is 0.410 e. The lowest BCUT2D eigenvalue weighted by molar-refractivity contribution is -0.120. The number of ketones is 1. The Morgan fingerprint density at radius 3 is 2.54 bits per heavy atom. The highest BCUT2D eigenvalue weighted by Crippen LogP contribution is 2.16. The quantitative estimate of drug-likeness (QED) is 0.788. The summed E-state index contributed by atoms with van der Waals surface area (Å²) in [6.07, 6.45) is 4.34. The first-order chi connectivity index (χ1) is 12.7. The molecule has 3 rings (SSSR count). The molecular weight excluding hydrogens is 328 g/mol. The van der Waals surface area contributed by atoms with Crippen LogP contribution in [0.5, 0.6) is 5.75 Å². The molecule has 136 valence electrons. The maximum Gasteiger partial charge on any atom is 0.417 e. The van der Waals surface area contributed by atoms with Crippen LogP contribution in [0.2, 0.25) is 0 Å². The summed E-state index contributed by atoms with van der Waals surface area (Å²) in [6, 6.07) is 16.4. The van der Waals surface area contributed by atoms with Crippen LogP contribution in [0.4, 0.5) is 10.5 Å². The Labute approximate surface area is 153 Å². The van der Waals surface area contributed by atoms with Gasteiger partial charge in [-0.1, -0.05) is 43.2 Å². The summed E-state index contributed by atoms with van der Waals surface area (Å²) in [5.74, 6) is 0.823. The van der Waals surface area contributed by atoms with E-state index in [1.807, 2.05) is 42.5 Å². The van der Waals surface area contributed by atoms with Gasteiger partial charge in [-0.25, -0.2) is 4.79 Å². The number of carbonyl (C=O) groups excluding carboxylic acids is 2. The third kappa shape index (κ3) is 5.43. The Balaban J connectivity index is 1.48. The van der Waals surface area contributed by atoms with E-state index in [9.17, 15) is 9.59 Å². The molecule has 0 spiro atoms. The average molecular weight is 352 g/mol. The SMILES string of the molecule is O=C(Nc1ccc(CNC2CCCCCC2=O)cc1)Oc1ccccc1. The summed E-state index contributed by atoms with van der Waals surface area (Å²) in [5.41, 5.74) is 1.74. The lowest BCUT2D eigenvalue weighted by Gasteiger charge is -2.15. The molecule has 5 nitrogen and oxygen atoms in total. The first-order valence-electron chi connectivity index (χ1n) is 9.09. The van der Waals surface area contributed by atoms with Crippen molar-refractivity contribution in [2.24, 2.45) is 0 Å². The molecule has 0 heterocycles. The predicted octanol–water partition coefficient (Wildman–Crippen LogP) is 4.29. The monoisotopic (exact) mass is 352 g/mol. The number of amides is 1. The number of para-hydroxylation sites is 1. The minimum Gasteiger partial charge on any atom is -0.410 e. The van der Waals surface area contributed by atoms with Crippen LogP contribution in [-0.4, -0.2) is 17.9 Å². The molecule has 0 aromatic heterocycles. The van der Waals surface area contributed by atoms with Crippen LogP contribution in [0, 0.1) is 0 Å². The van der Waals surface area contributed by atoms with Crippen molar-refractivity contribution in [2.75, 3.05) is 5.32 Å². The zero-order chi connectivity index (χ0) is 18.2. The number of carbonyl (C=O) groups is 2. The summed E-state index contributed by atoms with van der Waals surface area (Å²) in [7, 11) is 0. The second-order valence-electron chi connectivity index (χ2n) is 6.52. The minimum atomic E-state index is -0.522. The van der Waals surface area contributed by atoms with E-state index < -0.39 is 6.09 Å². The van der Waals surface area contributed by atoms with Crippen molar-refractivity contribution in [3.63, 3.8) is 0 Å². The standard InChI is InChI=1S/C21H24N2O3/c24-20-10-6-2-5-9-19(20)22-15-16-11-13-17(14-12-16)23-21(25)26-18-7-3-1-4-8-18/h1,3-4,7-8,11-14,19,22H,2,5-6,9-10,15H2,(H,23,25). The summed E-state index contributed by atoms with van der Waals surface area (Å²) >= 11 is 0. The van der Waals surface area contributed by atoms with Crippen molar-refractivity contribution in [1.29, 1.82) is 0 Å². The van der Waals surface area contributed by atoms with Gasteiger partial charge in [0, 0.05) is 18.7 Å². The van der Waals surface area contributed by atoms with Gasteiger partial charge >= 0.3 is 6.09 Å². The van der Waals surface area contributed by atoms with Crippen LogP contribution in [-0.2, 0) is 11.3 Å². The van der Waals surface area contributed by atoms with Crippen LogP contribution in [0.25, 0.3) is 0 Å². The summed E-state index contributed by atoms with van der Waals surface area (Å²) in [5, 5.41) is 6.06. The third-order valence-electron chi connectivity index (χ3n) is 4.51. The number of ether oxygens (including phenoxy) is 1. The predicted molar refractivity (Wildman–Crippen MR) is 101 cm³/mol. The minimum absolute atomic E-state index is 0.0313. The number of hydrogen-bond acceptors (Lipinski definition) is 4. The Bertz CT molecular complexity index is 729. The topological polar surface area (TPSA) is 67.4 Å².